The minimum atomic E-state index is -4.17. The van der Waals surface area contributed by atoms with E-state index in [9.17, 15) is 22.6 Å². The standard InChI is InChI=1S/C9H8F3O2P/c10-8(9(11)12)6-15(13,14)7-4-2-1-3-5-7/h1-6,9H,(H,13,14)/b8-6-. The SMILES string of the molecule is O=P(O)(/C=C(\F)C(F)F)c1ccccc1. The molecule has 1 rings (SSSR count). The summed E-state index contributed by atoms with van der Waals surface area (Å²) in [6, 6.07) is 7.07. The molecule has 0 aromatic heterocycles. The van der Waals surface area contributed by atoms with Gasteiger partial charge >= 0.3 is 0 Å². The molecule has 0 heterocycles. The summed E-state index contributed by atoms with van der Waals surface area (Å²) in [5.41, 5.74) is 0. The van der Waals surface area contributed by atoms with Gasteiger partial charge in [0.2, 0.25) is 0 Å². The van der Waals surface area contributed by atoms with Crippen molar-refractivity contribution in [3.05, 3.63) is 42.0 Å². The molecule has 1 atom stereocenters. The highest BCUT2D eigenvalue weighted by Crippen LogP contribution is 2.42. The first-order chi connectivity index (χ1) is 6.93. The summed E-state index contributed by atoms with van der Waals surface area (Å²) >= 11 is 0. The van der Waals surface area contributed by atoms with Gasteiger partial charge in [0.1, 0.15) is 0 Å². The van der Waals surface area contributed by atoms with Crippen LogP contribution in [0.2, 0.25) is 0 Å². The van der Waals surface area contributed by atoms with E-state index in [0.29, 0.717) is 0 Å². The van der Waals surface area contributed by atoms with Gasteiger partial charge < -0.3 is 4.89 Å². The molecule has 0 saturated carbocycles. The van der Waals surface area contributed by atoms with Crippen molar-refractivity contribution >= 4 is 12.7 Å². The third-order valence-corrected chi connectivity index (χ3v) is 3.27. The van der Waals surface area contributed by atoms with Crippen LogP contribution in [0.4, 0.5) is 13.2 Å². The van der Waals surface area contributed by atoms with Crippen molar-refractivity contribution in [1.82, 2.24) is 0 Å². The largest absolute Gasteiger partial charge is 0.338 e. The van der Waals surface area contributed by atoms with Crippen LogP contribution >= 0.6 is 7.37 Å². The summed E-state index contributed by atoms with van der Waals surface area (Å²) in [7, 11) is -4.17. The van der Waals surface area contributed by atoms with E-state index in [4.69, 9.17) is 0 Å². The van der Waals surface area contributed by atoms with Crippen LogP contribution in [0.3, 0.4) is 0 Å². The van der Waals surface area contributed by atoms with Gasteiger partial charge in [-0.2, -0.15) is 0 Å². The topological polar surface area (TPSA) is 37.3 Å². The van der Waals surface area contributed by atoms with Gasteiger partial charge in [-0.3, -0.25) is 4.57 Å². The molecule has 0 aliphatic rings. The van der Waals surface area contributed by atoms with Crippen LogP contribution in [0, 0.1) is 0 Å². The minimum absolute atomic E-state index is 0.0764. The van der Waals surface area contributed by atoms with Gasteiger partial charge in [-0.15, -0.1) is 0 Å². The summed E-state index contributed by atoms with van der Waals surface area (Å²) in [6.45, 7) is 0. The predicted molar refractivity (Wildman–Crippen MR) is 51.1 cm³/mol. The maximum absolute atomic E-state index is 12.5. The fraction of sp³-hybridized carbons (Fsp3) is 0.111. The zero-order chi connectivity index (χ0) is 11.5. The zero-order valence-electron chi connectivity index (χ0n) is 7.48. The lowest BCUT2D eigenvalue weighted by Crippen LogP contribution is -2.02. The summed E-state index contributed by atoms with van der Waals surface area (Å²) in [5, 5.41) is -0.0826. The van der Waals surface area contributed by atoms with Crippen LogP contribution in [-0.2, 0) is 4.57 Å². The molecule has 0 spiro atoms. The third kappa shape index (κ3) is 3.22. The van der Waals surface area contributed by atoms with Crippen molar-refractivity contribution in [2.24, 2.45) is 0 Å². The van der Waals surface area contributed by atoms with E-state index in [-0.39, 0.29) is 11.1 Å². The Morgan fingerprint density at radius 3 is 2.33 bits per heavy atom. The van der Waals surface area contributed by atoms with E-state index < -0.39 is 19.6 Å². The van der Waals surface area contributed by atoms with E-state index in [1.807, 2.05) is 0 Å². The molecular weight excluding hydrogens is 228 g/mol. The third-order valence-electron chi connectivity index (χ3n) is 1.63. The molecule has 0 amide bonds. The average molecular weight is 236 g/mol. The summed E-state index contributed by atoms with van der Waals surface area (Å²) in [5.74, 6) is -1.81. The van der Waals surface area contributed by atoms with Crippen molar-refractivity contribution in [2.75, 3.05) is 0 Å². The number of hydrogen-bond donors (Lipinski definition) is 1. The van der Waals surface area contributed by atoms with Crippen molar-refractivity contribution in [3.8, 4) is 0 Å². The van der Waals surface area contributed by atoms with E-state index >= 15 is 0 Å². The number of halogens is 3. The molecular formula is C9H8F3O2P. The van der Waals surface area contributed by atoms with Crippen LogP contribution in [-0.4, -0.2) is 11.3 Å². The smallest absolute Gasteiger partial charge is 0.289 e. The monoisotopic (exact) mass is 236 g/mol. The molecule has 0 radical (unpaired) electrons. The molecule has 0 bridgehead atoms. The van der Waals surface area contributed by atoms with Gasteiger partial charge in [0.15, 0.2) is 5.83 Å². The highest BCUT2D eigenvalue weighted by atomic mass is 31.2. The van der Waals surface area contributed by atoms with Crippen LogP contribution in [0.25, 0.3) is 0 Å². The first kappa shape index (κ1) is 12.0. The van der Waals surface area contributed by atoms with Crippen molar-refractivity contribution < 1.29 is 22.6 Å². The molecule has 15 heavy (non-hydrogen) atoms. The van der Waals surface area contributed by atoms with E-state index in [1.165, 1.54) is 24.3 Å². The minimum Gasteiger partial charge on any atom is -0.338 e. The Balaban J connectivity index is 3.05. The Labute approximate surface area is 84.5 Å². The first-order valence-electron chi connectivity index (χ1n) is 3.98. The highest BCUT2D eigenvalue weighted by Gasteiger charge is 2.22. The molecule has 0 aliphatic heterocycles. The normalized spacial score (nSPS) is 16.5. The second-order valence-corrected chi connectivity index (χ2v) is 4.79. The Kier molecular flexibility index (Phi) is 3.72. The van der Waals surface area contributed by atoms with Gasteiger partial charge in [-0.25, -0.2) is 13.2 Å². The summed E-state index contributed by atoms with van der Waals surface area (Å²) in [6.07, 6.45) is -3.37. The van der Waals surface area contributed by atoms with Crippen LogP contribution < -0.4 is 5.30 Å². The fourth-order valence-corrected chi connectivity index (χ4v) is 2.14. The maximum Gasteiger partial charge on any atom is 0.289 e. The van der Waals surface area contributed by atoms with Crippen molar-refractivity contribution in [2.45, 2.75) is 6.43 Å². The van der Waals surface area contributed by atoms with E-state index in [2.05, 4.69) is 0 Å². The lowest BCUT2D eigenvalue weighted by atomic mass is 10.4. The van der Waals surface area contributed by atoms with Gasteiger partial charge in [-0.1, -0.05) is 18.2 Å². The number of rotatable bonds is 3. The zero-order valence-corrected chi connectivity index (χ0v) is 8.37. The van der Waals surface area contributed by atoms with E-state index in [0.717, 1.165) is 0 Å². The van der Waals surface area contributed by atoms with Crippen LogP contribution in [0.15, 0.2) is 42.0 Å². The van der Waals surface area contributed by atoms with Crippen LogP contribution in [0.1, 0.15) is 0 Å². The Morgan fingerprint density at radius 1 is 1.33 bits per heavy atom. The highest BCUT2D eigenvalue weighted by molar-refractivity contribution is 7.69. The number of hydrogen-bond acceptors (Lipinski definition) is 1. The lowest BCUT2D eigenvalue weighted by molar-refractivity contribution is 0.159. The summed E-state index contributed by atoms with van der Waals surface area (Å²) in [4.78, 5) is 9.31. The number of alkyl halides is 2. The Morgan fingerprint density at radius 2 is 1.87 bits per heavy atom. The molecule has 2 nitrogen and oxygen atoms in total. The summed E-state index contributed by atoms with van der Waals surface area (Å²) < 4.78 is 47.5. The predicted octanol–water partition coefficient (Wildman–Crippen LogP) is 2.66. The molecule has 1 aromatic rings. The molecule has 1 unspecified atom stereocenters. The quantitative estimate of drug-likeness (QED) is 0.819. The molecule has 6 heteroatoms. The molecule has 0 saturated heterocycles. The number of allylic oxidation sites excluding steroid dienone is 1. The molecule has 0 fully saturated rings. The average Bonchev–Trinajstić information content (AvgIpc) is 2.18. The van der Waals surface area contributed by atoms with Crippen LogP contribution in [0.5, 0.6) is 0 Å². The fourth-order valence-electron chi connectivity index (χ4n) is 0.940. The van der Waals surface area contributed by atoms with Gasteiger partial charge in [0.05, 0.1) is 0 Å². The first-order valence-corrected chi connectivity index (χ1v) is 5.71. The van der Waals surface area contributed by atoms with Gasteiger partial charge in [0, 0.05) is 11.1 Å². The lowest BCUT2D eigenvalue weighted by Gasteiger charge is -2.06. The van der Waals surface area contributed by atoms with Crippen molar-refractivity contribution in [3.63, 3.8) is 0 Å². The Bertz CT molecular complexity index is 403. The maximum atomic E-state index is 12.5. The molecule has 82 valence electrons. The second-order valence-electron chi connectivity index (χ2n) is 2.77. The molecule has 1 aromatic carbocycles. The molecule has 0 aliphatic carbocycles. The van der Waals surface area contributed by atoms with Gasteiger partial charge in [0.25, 0.3) is 13.8 Å². The second kappa shape index (κ2) is 4.64. The molecule has 1 N–H and O–H groups in total. The number of benzene rings is 1. The van der Waals surface area contributed by atoms with Gasteiger partial charge in [-0.05, 0) is 12.1 Å². The van der Waals surface area contributed by atoms with E-state index in [1.54, 1.807) is 6.07 Å². The Hall–Kier alpha value is -1.06. The van der Waals surface area contributed by atoms with Crippen molar-refractivity contribution in [1.29, 1.82) is 0 Å².